The fourth-order valence-electron chi connectivity index (χ4n) is 12.8. The van der Waals surface area contributed by atoms with E-state index >= 15 is 0 Å². The first kappa shape index (κ1) is 45.8. The summed E-state index contributed by atoms with van der Waals surface area (Å²) in [6.45, 7) is 0. The van der Waals surface area contributed by atoms with Gasteiger partial charge in [0.05, 0.1) is 54.0 Å². The molecule has 0 atom stereocenters. The number of nitriles is 2. The Balaban J connectivity index is 1.16. The van der Waals surface area contributed by atoms with Crippen molar-refractivity contribution in [3.8, 4) is 79.1 Å². The zero-order valence-electron chi connectivity index (χ0n) is 42.9. The Morgan fingerprint density at radius 3 is 1.19 bits per heavy atom. The summed E-state index contributed by atoms with van der Waals surface area (Å²) in [5.74, 6) is 0. The number of benzene rings is 12. The van der Waals surface area contributed by atoms with Crippen molar-refractivity contribution in [2.24, 2.45) is 0 Å². The largest absolute Gasteiger partial charge is 0.307 e. The number of hydrogen-bond acceptors (Lipinski definition) is 4. The molecule has 6 heteroatoms. The summed E-state index contributed by atoms with van der Waals surface area (Å²) in [6.07, 6.45) is 0. The monoisotopic (exact) mass is 1050 g/mol. The SMILES string of the molecule is N#Cc1c(-c2ccccc2)c(C#N)c(-n2c3c(ccc4c5cccc(-c6ccccc6)c5sc43)c3ccc4c5cccc(-c6ccccc6)c5sc4c32)c(-c2ccccc2)c1-n1c2ccccc2c2cc(-c3ccccc3)ccc21. The third-order valence-electron chi connectivity index (χ3n) is 16.2. The smallest absolute Gasteiger partial charge is 0.102 e. The van der Waals surface area contributed by atoms with Gasteiger partial charge in [-0.3, -0.25) is 0 Å². The molecule has 0 spiro atoms. The van der Waals surface area contributed by atoms with Gasteiger partial charge in [-0.2, -0.15) is 10.5 Å². The molecule has 0 N–H and O–H groups in total. The molecule has 12 aromatic carbocycles. The van der Waals surface area contributed by atoms with Crippen LogP contribution in [0.3, 0.4) is 0 Å². The van der Waals surface area contributed by atoms with Gasteiger partial charge in [-0.25, -0.2) is 0 Å². The molecular weight excluding hydrogens is 1010 g/mol. The quantitative estimate of drug-likeness (QED) is 0.160. The molecule has 0 saturated carbocycles. The maximum Gasteiger partial charge on any atom is 0.102 e. The lowest BCUT2D eigenvalue weighted by Crippen LogP contribution is -2.11. The molecule has 4 aromatic heterocycles. The highest BCUT2D eigenvalue weighted by molar-refractivity contribution is 7.28. The zero-order chi connectivity index (χ0) is 53.0. The first-order valence-electron chi connectivity index (χ1n) is 26.8. The van der Waals surface area contributed by atoms with Gasteiger partial charge in [0.15, 0.2) is 0 Å². The van der Waals surface area contributed by atoms with Gasteiger partial charge in [0.2, 0.25) is 0 Å². The van der Waals surface area contributed by atoms with Crippen molar-refractivity contribution in [2.45, 2.75) is 0 Å². The summed E-state index contributed by atoms with van der Waals surface area (Å²) in [7, 11) is 0. The van der Waals surface area contributed by atoms with E-state index in [0.29, 0.717) is 22.4 Å². The number of rotatable bonds is 7. The molecule has 0 unspecified atom stereocenters. The summed E-state index contributed by atoms with van der Waals surface area (Å²) < 4.78 is 9.42. The van der Waals surface area contributed by atoms with Crippen molar-refractivity contribution < 1.29 is 0 Å². The van der Waals surface area contributed by atoms with Gasteiger partial charge in [-0.1, -0.05) is 237 Å². The molecule has 16 aromatic rings. The number of thiophene rings is 2. The third kappa shape index (κ3) is 6.71. The van der Waals surface area contributed by atoms with E-state index in [1.807, 2.05) is 65.1 Å². The average Bonchev–Trinajstić information content (AvgIpc) is 4.38. The van der Waals surface area contributed by atoms with Crippen LogP contribution in [-0.4, -0.2) is 9.13 Å². The fourth-order valence-corrected chi connectivity index (χ4v) is 15.5. The highest BCUT2D eigenvalue weighted by Gasteiger charge is 2.33. The lowest BCUT2D eigenvalue weighted by atomic mass is 9.86. The third-order valence-corrected chi connectivity index (χ3v) is 18.7. The van der Waals surface area contributed by atoms with Crippen LogP contribution in [0.4, 0.5) is 0 Å². The normalized spacial score (nSPS) is 11.7. The van der Waals surface area contributed by atoms with Crippen LogP contribution in [0.15, 0.2) is 255 Å². The van der Waals surface area contributed by atoms with Crippen molar-refractivity contribution in [1.82, 2.24) is 9.13 Å². The van der Waals surface area contributed by atoms with E-state index in [-0.39, 0.29) is 0 Å². The summed E-state index contributed by atoms with van der Waals surface area (Å²) in [5, 5.41) is 33.5. The molecule has 0 saturated heterocycles. The van der Waals surface area contributed by atoms with Crippen LogP contribution < -0.4 is 0 Å². The Morgan fingerprint density at radius 1 is 0.275 bits per heavy atom. The molecule has 16 rings (SSSR count). The first-order chi connectivity index (χ1) is 39.7. The van der Waals surface area contributed by atoms with Gasteiger partial charge in [0, 0.05) is 63.6 Å². The van der Waals surface area contributed by atoms with Crippen LogP contribution in [0, 0.1) is 22.7 Å². The van der Waals surface area contributed by atoms with Crippen molar-refractivity contribution in [3.63, 3.8) is 0 Å². The number of aromatic nitrogens is 2. The maximum atomic E-state index is 12.4. The van der Waals surface area contributed by atoms with Crippen molar-refractivity contribution in [1.29, 1.82) is 10.5 Å². The van der Waals surface area contributed by atoms with Crippen molar-refractivity contribution in [2.75, 3.05) is 0 Å². The van der Waals surface area contributed by atoms with Gasteiger partial charge in [-0.15, -0.1) is 22.7 Å². The minimum Gasteiger partial charge on any atom is -0.307 e. The van der Waals surface area contributed by atoms with Crippen LogP contribution in [-0.2, 0) is 0 Å². The van der Waals surface area contributed by atoms with E-state index in [0.717, 1.165) is 108 Å². The number of hydrogen-bond donors (Lipinski definition) is 0. The molecule has 370 valence electrons. The zero-order valence-corrected chi connectivity index (χ0v) is 44.5. The van der Waals surface area contributed by atoms with Gasteiger partial charge in [0.1, 0.15) is 12.1 Å². The Labute approximate surface area is 468 Å². The molecule has 0 radical (unpaired) electrons. The van der Waals surface area contributed by atoms with E-state index in [2.05, 4.69) is 234 Å². The van der Waals surface area contributed by atoms with Gasteiger partial charge in [-0.05, 0) is 62.7 Å². The van der Waals surface area contributed by atoms with E-state index in [9.17, 15) is 10.5 Å². The van der Waals surface area contributed by atoms with Crippen LogP contribution in [0.2, 0.25) is 0 Å². The Kier molecular flexibility index (Phi) is 10.4. The predicted octanol–water partition coefficient (Wildman–Crippen LogP) is 20.7. The summed E-state index contributed by atoms with van der Waals surface area (Å²) in [4.78, 5) is 0. The van der Waals surface area contributed by atoms with Crippen LogP contribution in [0.1, 0.15) is 11.1 Å². The van der Waals surface area contributed by atoms with Crippen molar-refractivity contribution in [3.05, 3.63) is 266 Å². The van der Waals surface area contributed by atoms with E-state index < -0.39 is 0 Å². The van der Waals surface area contributed by atoms with Crippen LogP contribution in [0.5, 0.6) is 0 Å². The molecule has 4 nitrogen and oxygen atoms in total. The minimum absolute atomic E-state index is 0.421. The lowest BCUT2D eigenvalue weighted by molar-refractivity contribution is 1.13. The first-order valence-corrected chi connectivity index (χ1v) is 28.4. The average molecular weight is 1050 g/mol. The van der Waals surface area contributed by atoms with E-state index in [1.165, 1.54) is 31.3 Å². The second kappa shape index (κ2) is 18.1. The molecular formula is C74H42N4S2. The molecule has 80 heavy (non-hydrogen) atoms. The highest BCUT2D eigenvalue weighted by Crippen LogP contribution is 2.54. The summed E-state index contributed by atoms with van der Waals surface area (Å²) in [5.41, 5.74) is 16.2. The summed E-state index contributed by atoms with van der Waals surface area (Å²) in [6, 6.07) is 95.9. The number of fused-ring (bicyclic) bond motifs is 14. The second-order valence-corrected chi connectivity index (χ2v) is 22.5. The molecule has 0 amide bonds. The standard InChI is InChI=1S/C74H42N4S2/c75-43-61-65(48-26-12-4-13-27-48)62(44-76)68(66(49-28-14-5-15-29-49)67(61)77-63-35-17-16-30-53(63)60-42-50(36-41-64(60)77)45-20-6-1-7-21-45)78-69-54(37-39-58-56-33-18-31-51(71(56)79-73(58)69)46-22-8-2-9-23-46)55-38-40-59-57-34-19-32-52(47-24-10-3-11-25-47)72(57)80-74(59)70(55)78/h1-42H. The van der Waals surface area contributed by atoms with Gasteiger partial charge in [0.25, 0.3) is 0 Å². The molecule has 4 heterocycles. The molecule has 0 aliphatic heterocycles. The maximum absolute atomic E-state index is 12.4. The predicted molar refractivity (Wildman–Crippen MR) is 338 cm³/mol. The molecule has 0 bridgehead atoms. The van der Waals surface area contributed by atoms with Crippen LogP contribution in [0.25, 0.3) is 151 Å². The van der Waals surface area contributed by atoms with E-state index in [4.69, 9.17) is 0 Å². The summed E-state index contributed by atoms with van der Waals surface area (Å²) >= 11 is 3.63. The van der Waals surface area contributed by atoms with Gasteiger partial charge < -0.3 is 9.13 Å². The Hall–Kier alpha value is -10.3. The second-order valence-electron chi connectivity index (χ2n) is 20.4. The van der Waals surface area contributed by atoms with Crippen molar-refractivity contribution >= 4 is 107 Å². The minimum atomic E-state index is 0.421. The number of nitrogens with zero attached hydrogens (tertiary/aromatic N) is 4. The fraction of sp³-hybridized carbons (Fsp3) is 0. The highest BCUT2D eigenvalue weighted by atomic mass is 32.1. The van der Waals surface area contributed by atoms with Crippen LogP contribution >= 0.6 is 22.7 Å². The Bertz CT molecular complexity index is 5120. The molecule has 0 aliphatic rings. The Morgan fingerprint density at radius 2 is 0.675 bits per heavy atom. The van der Waals surface area contributed by atoms with E-state index in [1.54, 1.807) is 0 Å². The topological polar surface area (TPSA) is 57.4 Å². The molecule has 0 aliphatic carbocycles. The lowest BCUT2D eigenvalue weighted by Gasteiger charge is -2.25. The molecule has 0 fully saturated rings. The van der Waals surface area contributed by atoms with Gasteiger partial charge >= 0.3 is 0 Å². The number of para-hydroxylation sites is 1.